The predicted octanol–water partition coefficient (Wildman–Crippen LogP) is 3.03. The van der Waals surface area contributed by atoms with Gasteiger partial charge >= 0.3 is 0 Å². The van der Waals surface area contributed by atoms with Gasteiger partial charge in [-0.05, 0) is 34.0 Å². The summed E-state index contributed by atoms with van der Waals surface area (Å²) in [6, 6.07) is 4.10. The number of pyridine rings is 1. The molecule has 2 nitrogen and oxygen atoms in total. The number of hydrogen-bond acceptors (Lipinski definition) is 2. The summed E-state index contributed by atoms with van der Waals surface area (Å²) in [5.74, 6) is 0. The fourth-order valence-electron chi connectivity index (χ4n) is 1.20. The topological polar surface area (TPSA) is 38.9 Å². The molecule has 1 heterocycles. The Balaban J connectivity index is 2.55. The van der Waals surface area contributed by atoms with Crippen LogP contribution in [0.2, 0.25) is 0 Å². The van der Waals surface area contributed by atoms with E-state index in [2.05, 4.69) is 27.8 Å². The fraction of sp³-hybridized carbons (Fsp3) is 0.500. The van der Waals surface area contributed by atoms with Crippen molar-refractivity contribution in [2.24, 2.45) is 5.73 Å². The third kappa shape index (κ3) is 3.44. The van der Waals surface area contributed by atoms with Crippen LogP contribution < -0.4 is 5.73 Å². The molecule has 72 valence electrons. The molecule has 0 saturated carbocycles. The van der Waals surface area contributed by atoms with Crippen molar-refractivity contribution in [1.82, 2.24) is 4.98 Å². The summed E-state index contributed by atoms with van der Waals surface area (Å²) in [6.07, 6.45) is 5.25. The van der Waals surface area contributed by atoms with Gasteiger partial charge in [0.15, 0.2) is 0 Å². The van der Waals surface area contributed by atoms with Crippen molar-refractivity contribution in [3.8, 4) is 0 Å². The van der Waals surface area contributed by atoms with Crippen LogP contribution >= 0.6 is 15.9 Å². The van der Waals surface area contributed by atoms with Crippen molar-refractivity contribution in [1.29, 1.82) is 0 Å². The Morgan fingerprint density at radius 2 is 2.31 bits per heavy atom. The highest BCUT2D eigenvalue weighted by molar-refractivity contribution is 9.10. The second kappa shape index (κ2) is 5.35. The molecule has 0 aliphatic carbocycles. The van der Waals surface area contributed by atoms with Crippen LogP contribution in [0, 0.1) is 0 Å². The van der Waals surface area contributed by atoms with Crippen molar-refractivity contribution in [2.75, 3.05) is 0 Å². The minimum Gasteiger partial charge on any atom is -0.324 e. The number of nitrogens with zero attached hydrogens (tertiary/aromatic N) is 1. The second-order valence-corrected chi connectivity index (χ2v) is 3.98. The molecule has 2 N–H and O–H groups in total. The lowest BCUT2D eigenvalue weighted by atomic mass is 10.0. The Morgan fingerprint density at radius 1 is 1.54 bits per heavy atom. The maximum absolute atomic E-state index is 5.98. The molecule has 0 bridgehead atoms. The third-order valence-corrected chi connectivity index (χ3v) is 2.52. The summed E-state index contributed by atoms with van der Waals surface area (Å²) in [7, 11) is 0. The highest BCUT2D eigenvalue weighted by Crippen LogP contribution is 2.17. The summed E-state index contributed by atoms with van der Waals surface area (Å²) in [5, 5.41) is 0. The standard InChI is InChI=1S/C10H15BrN2/c1-2-3-4-9(12)8-5-6-10(11)13-7-8/h5-7,9H,2-4,12H2,1H3/t9-/m1/s1. The first-order chi connectivity index (χ1) is 6.24. The first-order valence-electron chi connectivity index (χ1n) is 4.61. The molecular formula is C10H15BrN2. The molecule has 1 atom stereocenters. The van der Waals surface area contributed by atoms with Gasteiger partial charge in [-0.15, -0.1) is 0 Å². The van der Waals surface area contributed by atoms with Gasteiger partial charge in [0.1, 0.15) is 4.60 Å². The van der Waals surface area contributed by atoms with Crippen LogP contribution in [0.25, 0.3) is 0 Å². The number of unbranched alkanes of at least 4 members (excludes halogenated alkanes) is 1. The molecule has 1 aromatic rings. The van der Waals surface area contributed by atoms with Crippen LogP contribution in [0.15, 0.2) is 22.9 Å². The molecule has 0 fully saturated rings. The summed E-state index contributed by atoms with van der Waals surface area (Å²) < 4.78 is 0.860. The Labute approximate surface area is 87.7 Å². The first kappa shape index (κ1) is 10.7. The smallest absolute Gasteiger partial charge is 0.106 e. The van der Waals surface area contributed by atoms with E-state index in [0.29, 0.717) is 0 Å². The van der Waals surface area contributed by atoms with Gasteiger partial charge in [-0.25, -0.2) is 4.98 Å². The van der Waals surface area contributed by atoms with Crippen molar-refractivity contribution < 1.29 is 0 Å². The molecule has 13 heavy (non-hydrogen) atoms. The average molecular weight is 243 g/mol. The zero-order valence-corrected chi connectivity index (χ0v) is 9.42. The van der Waals surface area contributed by atoms with Crippen LogP contribution in [0.4, 0.5) is 0 Å². The molecule has 0 unspecified atom stereocenters. The van der Waals surface area contributed by atoms with Gasteiger partial charge in [-0.3, -0.25) is 0 Å². The number of aromatic nitrogens is 1. The summed E-state index contributed by atoms with van der Waals surface area (Å²) >= 11 is 3.30. The summed E-state index contributed by atoms with van der Waals surface area (Å²) in [6.45, 7) is 2.17. The molecule has 1 rings (SSSR count). The largest absolute Gasteiger partial charge is 0.324 e. The fourth-order valence-corrected chi connectivity index (χ4v) is 1.43. The minimum atomic E-state index is 0.139. The zero-order valence-electron chi connectivity index (χ0n) is 7.83. The quantitative estimate of drug-likeness (QED) is 0.825. The van der Waals surface area contributed by atoms with Crippen LogP contribution in [0.3, 0.4) is 0 Å². The van der Waals surface area contributed by atoms with Gasteiger partial charge in [-0.1, -0.05) is 25.8 Å². The minimum absolute atomic E-state index is 0.139. The van der Waals surface area contributed by atoms with Crippen LogP contribution in [0.1, 0.15) is 37.8 Å². The van der Waals surface area contributed by atoms with E-state index in [1.54, 1.807) is 0 Å². The van der Waals surface area contributed by atoms with Gasteiger partial charge in [0, 0.05) is 12.2 Å². The molecule has 0 saturated heterocycles. The van der Waals surface area contributed by atoms with Crippen molar-refractivity contribution >= 4 is 15.9 Å². The van der Waals surface area contributed by atoms with Gasteiger partial charge in [0.2, 0.25) is 0 Å². The molecular weight excluding hydrogens is 228 g/mol. The third-order valence-electron chi connectivity index (χ3n) is 2.05. The van der Waals surface area contributed by atoms with Gasteiger partial charge in [0.25, 0.3) is 0 Å². The lowest BCUT2D eigenvalue weighted by molar-refractivity contribution is 0.601. The SMILES string of the molecule is CCCC[C@@H](N)c1ccc(Br)nc1. The van der Waals surface area contributed by atoms with E-state index in [4.69, 9.17) is 5.73 Å². The van der Waals surface area contributed by atoms with Crippen LogP contribution in [0.5, 0.6) is 0 Å². The molecule has 0 aliphatic heterocycles. The average Bonchev–Trinajstić information content (AvgIpc) is 2.15. The number of rotatable bonds is 4. The van der Waals surface area contributed by atoms with Gasteiger partial charge in [-0.2, -0.15) is 0 Å². The summed E-state index contributed by atoms with van der Waals surface area (Å²) in [5.41, 5.74) is 7.10. The predicted molar refractivity (Wildman–Crippen MR) is 58.4 cm³/mol. The van der Waals surface area contributed by atoms with E-state index in [-0.39, 0.29) is 6.04 Å². The zero-order chi connectivity index (χ0) is 9.68. The van der Waals surface area contributed by atoms with E-state index in [1.165, 1.54) is 12.8 Å². The van der Waals surface area contributed by atoms with E-state index in [0.717, 1.165) is 16.6 Å². The Morgan fingerprint density at radius 3 is 2.85 bits per heavy atom. The van der Waals surface area contributed by atoms with E-state index >= 15 is 0 Å². The second-order valence-electron chi connectivity index (χ2n) is 3.16. The monoisotopic (exact) mass is 242 g/mol. The molecule has 0 spiro atoms. The van der Waals surface area contributed by atoms with Crippen LogP contribution in [-0.4, -0.2) is 4.98 Å². The maximum atomic E-state index is 5.98. The molecule has 3 heteroatoms. The number of halogens is 1. The Bertz CT molecular complexity index is 246. The first-order valence-corrected chi connectivity index (χ1v) is 5.40. The van der Waals surface area contributed by atoms with Crippen molar-refractivity contribution in [3.05, 3.63) is 28.5 Å². The maximum Gasteiger partial charge on any atom is 0.106 e. The van der Waals surface area contributed by atoms with Crippen molar-refractivity contribution in [3.63, 3.8) is 0 Å². The highest BCUT2D eigenvalue weighted by Gasteiger charge is 2.04. The molecule has 0 aromatic carbocycles. The molecule has 0 aliphatic rings. The van der Waals surface area contributed by atoms with E-state index in [9.17, 15) is 0 Å². The number of hydrogen-bond donors (Lipinski definition) is 1. The van der Waals surface area contributed by atoms with Crippen molar-refractivity contribution in [2.45, 2.75) is 32.2 Å². The number of nitrogens with two attached hydrogens (primary N) is 1. The Kier molecular flexibility index (Phi) is 4.39. The van der Waals surface area contributed by atoms with Gasteiger partial charge in [0.05, 0.1) is 0 Å². The van der Waals surface area contributed by atoms with E-state index < -0.39 is 0 Å². The normalized spacial score (nSPS) is 12.8. The van der Waals surface area contributed by atoms with Gasteiger partial charge < -0.3 is 5.73 Å². The lowest BCUT2D eigenvalue weighted by Gasteiger charge is -2.10. The molecule has 1 aromatic heterocycles. The molecule has 0 amide bonds. The highest BCUT2D eigenvalue weighted by atomic mass is 79.9. The lowest BCUT2D eigenvalue weighted by Crippen LogP contribution is -2.10. The molecule has 0 radical (unpaired) electrons. The van der Waals surface area contributed by atoms with Crippen LogP contribution in [-0.2, 0) is 0 Å². The summed E-state index contributed by atoms with van der Waals surface area (Å²) in [4.78, 5) is 4.14. The van der Waals surface area contributed by atoms with E-state index in [1.807, 2.05) is 18.3 Å². The Hall–Kier alpha value is -0.410.